The number of hydrogen-bond acceptors (Lipinski definition) is 4. The summed E-state index contributed by atoms with van der Waals surface area (Å²) in [5, 5.41) is 0. The Balaban J connectivity index is 0.000000151. The first-order chi connectivity index (χ1) is 12.1. The maximum absolute atomic E-state index is 5.17. The summed E-state index contributed by atoms with van der Waals surface area (Å²) in [6, 6.07) is 12.7. The second-order valence-corrected chi connectivity index (χ2v) is 9.46. The van der Waals surface area contributed by atoms with E-state index in [1.165, 1.54) is 22.2 Å². The Bertz CT molecular complexity index is 932. The molecule has 0 aliphatic heterocycles. The van der Waals surface area contributed by atoms with Gasteiger partial charge in [-0.1, -0.05) is 53.7 Å². The van der Waals surface area contributed by atoms with Crippen LogP contribution in [-0.2, 0) is 10.8 Å². The molecule has 4 aromatic rings. The molecule has 0 aliphatic carbocycles. The number of benzene rings is 2. The largest absolute Gasteiger partial charge is 0.443 e. The van der Waals surface area contributed by atoms with Crippen molar-refractivity contribution in [2.75, 3.05) is 0 Å². The van der Waals surface area contributed by atoms with Crippen LogP contribution in [0.5, 0.6) is 0 Å². The van der Waals surface area contributed by atoms with Crippen LogP contribution in [0.1, 0.15) is 52.7 Å². The van der Waals surface area contributed by atoms with E-state index in [1.807, 2.05) is 11.6 Å². The highest BCUT2D eigenvalue weighted by atomic mass is 32.1. The fourth-order valence-electron chi connectivity index (χ4n) is 2.65. The Morgan fingerprint density at radius 2 is 1.38 bits per heavy atom. The molecule has 136 valence electrons. The molecular weight excluding hydrogens is 340 g/mol. The summed E-state index contributed by atoms with van der Waals surface area (Å²) in [4.78, 5) is 8.44. The summed E-state index contributed by atoms with van der Waals surface area (Å²) in [5.74, 6) is 0. The number of oxazole rings is 1. The van der Waals surface area contributed by atoms with Gasteiger partial charge in [0.1, 0.15) is 5.52 Å². The summed E-state index contributed by atoms with van der Waals surface area (Å²) < 4.78 is 6.45. The van der Waals surface area contributed by atoms with Crippen molar-refractivity contribution < 1.29 is 4.42 Å². The molecule has 0 amide bonds. The lowest BCUT2D eigenvalue weighted by Crippen LogP contribution is -2.10. The lowest BCUT2D eigenvalue weighted by Gasteiger charge is -2.18. The molecule has 0 bridgehead atoms. The monoisotopic (exact) mass is 366 g/mol. The van der Waals surface area contributed by atoms with E-state index in [0.717, 1.165) is 16.6 Å². The Kier molecular flexibility index (Phi) is 4.89. The minimum Gasteiger partial charge on any atom is -0.443 e. The van der Waals surface area contributed by atoms with Crippen LogP contribution in [0.15, 0.2) is 52.7 Å². The van der Waals surface area contributed by atoms with E-state index in [4.69, 9.17) is 4.42 Å². The average molecular weight is 367 g/mol. The van der Waals surface area contributed by atoms with Crippen molar-refractivity contribution in [1.82, 2.24) is 9.97 Å². The van der Waals surface area contributed by atoms with E-state index in [2.05, 4.69) is 81.8 Å². The summed E-state index contributed by atoms with van der Waals surface area (Å²) in [6.07, 6.45) is 1.48. The molecule has 4 heteroatoms. The average Bonchev–Trinajstić information content (AvgIpc) is 3.21. The molecule has 0 saturated heterocycles. The second-order valence-electron chi connectivity index (χ2n) is 8.57. The van der Waals surface area contributed by atoms with Crippen molar-refractivity contribution >= 4 is 32.7 Å². The van der Waals surface area contributed by atoms with Gasteiger partial charge >= 0.3 is 0 Å². The molecule has 0 unspecified atom stereocenters. The lowest BCUT2D eigenvalue weighted by molar-refractivity contribution is 0.588. The Morgan fingerprint density at radius 1 is 0.769 bits per heavy atom. The standard InChI is InChI=1S/C11H13NO.C11H13NS/c2*1-11(2,3)8-4-5-10-9(6-8)12-7-13-10/h2*4-7H,1-3H3. The number of thiazole rings is 1. The normalized spacial score (nSPS) is 12.2. The van der Waals surface area contributed by atoms with Gasteiger partial charge in [-0.2, -0.15) is 0 Å². The molecule has 0 saturated carbocycles. The summed E-state index contributed by atoms with van der Waals surface area (Å²) in [5.41, 5.74) is 7.85. The highest BCUT2D eigenvalue weighted by Gasteiger charge is 2.15. The van der Waals surface area contributed by atoms with Gasteiger partial charge in [-0.05, 0) is 46.2 Å². The number of rotatable bonds is 0. The molecule has 2 aromatic heterocycles. The quantitative estimate of drug-likeness (QED) is 0.347. The van der Waals surface area contributed by atoms with Gasteiger partial charge in [-0.15, -0.1) is 11.3 Å². The van der Waals surface area contributed by atoms with E-state index in [9.17, 15) is 0 Å². The van der Waals surface area contributed by atoms with Crippen LogP contribution in [0.2, 0.25) is 0 Å². The summed E-state index contributed by atoms with van der Waals surface area (Å²) in [7, 11) is 0. The molecule has 0 radical (unpaired) electrons. The van der Waals surface area contributed by atoms with Crippen LogP contribution in [0.4, 0.5) is 0 Å². The van der Waals surface area contributed by atoms with Crippen molar-refractivity contribution in [3.63, 3.8) is 0 Å². The number of nitrogens with zero attached hydrogens (tertiary/aromatic N) is 2. The molecule has 2 aromatic carbocycles. The molecule has 2 heterocycles. The van der Waals surface area contributed by atoms with Gasteiger partial charge in [0.15, 0.2) is 12.0 Å². The first-order valence-corrected chi connectivity index (χ1v) is 9.70. The number of fused-ring (bicyclic) bond motifs is 2. The van der Waals surface area contributed by atoms with Crippen LogP contribution < -0.4 is 0 Å². The van der Waals surface area contributed by atoms with Crippen molar-refractivity contribution in [2.24, 2.45) is 0 Å². The van der Waals surface area contributed by atoms with Crippen molar-refractivity contribution in [3.8, 4) is 0 Å². The van der Waals surface area contributed by atoms with Gasteiger partial charge in [0.25, 0.3) is 0 Å². The molecule has 3 nitrogen and oxygen atoms in total. The second kappa shape index (κ2) is 6.84. The molecule has 0 aliphatic rings. The first kappa shape index (κ1) is 18.6. The van der Waals surface area contributed by atoms with Gasteiger partial charge in [-0.3, -0.25) is 0 Å². The predicted molar refractivity (Wildman–Crippen MR) is 111 cm³/mol. The number of aromatic nitrogens is 2. The van der Waals surface area contributed by atoms with Crippen LogP contribution in [-0.4, -0.2) is 9.97 Å². The molecule has 0 fully saturated rings. The molecule has 0 atom stereocenters. The van der Waals surface area contributed by atoms with E-state index >= 15 is 0 Å². The first-order valence-electron chi connectivity index (χ1n) is 8.82. The van der Waals surface area contributed by atoms with E-state index in [1.54, 1.807) is 11.3 Å². The van der Waals surface area contributed by atoms with Gasteiger partial charge in [0.2, 0.25) is 0 Å². The SMILES string of the molecule is CC(C)(C)c1ccc2ocnc2c1.CC(C)(C)c1ccc2scnc2c1. The zero-order chi connectivity index (χ0) is 18.9. The Hall–Kier alpha value is -2.20. The van der Waals surface area contributed by atoms with Crippen molar-refractivity contribution in [2.45, 2.75) is 52.4 Å². The molecular formula is C22H26N2OS. The van der Waals surface area contributed by atoms with Crippen molar-refractivity contribution in [1.29, 1.82) is 0 Å². The van der Waals surface area contributed by atoms with E-state index in [0.29, 0.717) is 0 Å². The highest BCUT2D eigenvalue weighted by Crippen LogP contribution is 2.27. The fraction of sp³-hybridized carbons (Fsp3) is 0.364. The zero-order valence-corrected chi connectivity index (χ0v) is 17.1. The topological polar surface area (TPSA) is 38.9 Å². The molecule has 4 rings (SSSR count). The smallest absolute Gasteiger partial charge is 0.181 e. The maximum Gasteiger partial charge on any atom is 0.181 e. The van der Waals surface area contributed by atoms with Crippen LogP contribution >= 0.6 is 11.3 Å². The van der Waals surface area contributed by atoms with Gasteiger partial charge in [-0.25, -0.2) is 9.97 Å². The molecule has 26 heavy (non-hydrogen) atoms. The fourth-order valence-corrected chi connectivity index (χ4v) is 3.31. The van der Waals surface area contributed by atoms with E-state index in [-0.39, 0.29) is 10.8 Å². The van der Waals surface area contributed by atoms with Gasteiger partial charge in [0.05, 0.1) is 15.7 Å². The van der Waals surface area contributed by atoms with Crippen LogP contribution in [0.25, 0.3) is 21.3 Å². The predicted octanol–water partition coefficient (Wildman–Crippen LogP) is 6.72. The molecule has 0 spiro atoms. The zero-order valence-electron chi connectivity index (χ0n) is 16.3. The maximum atomic E-state index is 5.17. The van der Waals surface area contributed by atoms with Gasteiger partial charge < -0.3 is 4.42 Å². The van der Waals surface area contributed by atoms with Crippen molar-refractivity contribution in [3.05, 3.63) is 59.4 Å². The number of hydrogen-bond donors (Lipinski definition) is 0. The Morgan fingerprint density at radius 3 is 2.04 bits per heavy atom. The third kappa shape index (κ3) is 4.13. The van der Waals surface area contributed by atoms with Crippen LogP contribution in [0.3, 0.4) is 0 Å². The third-order valence-corrected chi connectivity index (χ3v) is 5.20. The Labute approximate surface area is 159 Å². The third-order valence-electron chi connectivity index (χ3n) is 4.39. The minimum atomic E-state index is 0.174. The van der Waals surface area contributed by atoms with Gasteiger partial charge in [0, 0.05) is 0 Å². The lowest BCUT2D eigenvalue weighted by atomic mass is 9.87. The van der Waals surface area contributed by atoms with Crippen LogP contribution in [0, 0.1) is 0 Å². The summed E-state index contributed by atoms with van der Waals surface area (Å²) >= 11 is 1.70. The minimum absolute atomic E-state index is 0.174. The highest BCUT2D eigenvalue weighted by molar-refractivity contribution is 7.16. The summed E-state index contributed by atoms with van der Waals surface area (Å²) in [6.45, 7) is 13.2. The van der Waals surface area contributed by atoms with E-state index < -0.39 is 0 Å². The molecule has 0 N–H and O–H groups in total.